The van der Waals surface area contributed by atoms with E-state index in [0.29, 0.717) is 0 Å². The maximum Gasteiger partial charge on any atom is 0.223 e. The average Bonchev–Trinajstić information content (AvgIpc) is 2.64. The highest BCUT2D eigenvalue weighted by Gasteiger charge is 2.25. The normalized spacial score (nSPS) is 16.3. The maximum atomic E-state index is 12.1. The number of amides is 1. The molecule has 1 aliphatic rings. The van der Waals surface area contributed by atoms with Gasteiger partial charge in [0, 0.05) is 24.4 Å². The standard InChI is InChI=1S/C20H26ClN3O/c1-3-10-22-20(25)15-8-11-24(12-9-15)13-18-19(21)14(2)16-6-4-5-7-17(16)23-18/h4-7,15H,3,8-13H2,1-2H3,(H,22,25). The Kier molecular flexibility index (Phi) is 5.92. The van der Waals surface area contributed by atoms with Crippen LogP contribution >= 0.6 is 11.6 Å². The fourth-order valence-corrected chi connectivity index (χ4v) is 3.68. The summed E-state index contributed by atoms with van der Waals surface area (Å²) in [5.74, 6) is 0.351. The smallest absolute Gasteiger partial charge is 0.223 e. The lowest BCUT2D eigenvalue weighted by Crippen LogP contribution is -2.40. The maximum absolute atomic E-state index is 12.1. The number of rotatable bonds is 5. The molecule has 1 aromatic heterocycles. The first-order valence-electron chi connectivity index (χ1n) is 9.14. The summed E-state index contributed by atoms with van der Waals surface area (Å²) in [6.07, 6.45) is 2.79. The van der Waals surface area contributed by atoms with Gasteiger partial charge in [0.25, 0.3) is 0 Å². The van der Waals surface area contributed by atoms with Gasteiger partial charge in [0.05, 0.1) is 16.2 Å². The molecule has 0 aliphatic carbocycles. The summed E-state index contributed by atoms with van der Waals surface area (Å²) in [6, 6.07) is 8.12. The zero-order chi connectivity index (χ0) is 17.8. The van der Waals surface area contributed by atoms with Crippen molar-refractivity contribution in [3.8, 4) is 0 Å². The third-order valence-electron chi connectivity index (χ3n) is 5.03. The van der Waals surface area contributed by atoms with Gasteiger partial charge in [-0.3, -0.25) is 9.69 Å². The summed E-state index contributed by atoms with van der Waals surface area (Å²) in [5.41, 5.74) is 3.02. The van der Waals surface area contributed by atoms with Gasteiger partial charge in [-0.1, -0.05) is 36.7 Å². The Morgan fingerprint density at radius 1 is 1.32 bits per heavy atom. The summed E-state index contributed by atoms with van der Waals surface area (Å²) in [4.78, 5) is 19.2. The van der Waals surface area contributed by atoms with Crippen LogP contribution in [-0.2, 0) is 11.3 Å². The van der Waals surface area contributed by atoms with Crippen LogP contribution in [0.4, 0.5) is 0 Å². The molecule has 2 aromatic rings. The van der Waals surface area contributed by atoms with Crippen molar-refractivity contribution in [3.05, 3.63) is 40.5 Å². The molecule has 1 aromatic carbocycles. The molecular formula is C20H26ClN3O. The Balaban J connectivity index is 1.65. The average molecular weight is 360 g/mol. The lowest BCUT2D eigenvalue weighted by Gasteiger charge is -2.31. The minimum absolute atomic E-state index is 0.143. The zero-order valence-corrected chi connectivity index (χ0v) is 15.8. The number of benzene rings is 1. The lowest BCUT2D eigenvalue weighted by molar-refractivity contribution is -0.126. The van der Waals surface area contributed by atoms with Gasteiger partial charge >= 0.3 is 0 Å². The summed E-state index contributed by atoms with van der Waals surface area (Å²) in [5, 5.41) is 4.89. The molecule has 4 nitrogen and oxygen atoms in total. The van der Waals surface area contributed by atoms with Crippen LogP contribution in [0.3, 0.4) is 0 Å². The molecule has 1 saturated heterocycles. The molecule has 0 unspecified atom stereocenters. The third-order valence-corrected chi connectivity index (χ3v) is 5.53. The van der Waals surface area contributed by atoms with E-state index < -0.39 is 0 Å². The van der Waals surface area contributed by atoms with Gasteiger partial charge in [-0.25, -0.2) is 4.98 Å². The molecule has 0 spiro atoms. The van der Waals surface area contributed by atoms with E-state index in [9.17, 15) is 4.79 Å². The second-order valence-electron chi connectivity index (χ2n) is 6.86. The van der Waals surface area contributed by atoms with Gasteiger partial charge in [-0.05, 0) is 50.9 Å². The van der Waals surface area contributed by atoms with Gasteiger partial charge in [0.2, 0.25) is 5.91 Å². The molecule has 1 aliphatic heterocycles. The quantitative estimate of drug-likeness (QED) is 0.879. The van der Waals surface area contributed by atoms with E-state index in [2.05, 4.69) is 30.1 Å². The molecular weight excluding hydrogens is 334 g/mol. The zero-order valence-electron chi connectivity index (χ0n) is 15.0. The van der Waals surface area contributed by atoms with E-state index >= 15 is 0 Å². The van der Waals surface area contributed by atoms with E-state index in [1.165, 1.54) is 0 Å². The number of nitrogens with zero attached hydrogens (tertiary/aromatic N) is 2. The number of nitrogens with one attached hydrogen (secondary N) is 1. The lowest BCUT2D eigenvalue weighted by atomic mass is 9.95. The Labute approximate surface area is 154 Å². The minimum atomic E-state index is 0.143. The van der Waals surface area contributed by atoms with Crippen LogP contribution in [0, 0.1) is 12.8 Å². The number of pyridine rings is 1. The van der Waals surface area contributed by atoms with Gasteiger partial charge in [-0.2, -0.15) is 0 Å². The highest BCUT2D eigenvalue weighted by molar-refractivity contribution is 6.32. The molecule has 0 saturated carbocycles. The molecule has 0 atom stereocenters. The molecule has 0 bridgehead atoms. The van der Waals surface area contributed by atoms with Crippen molar-refractivity contribution in [2.45, 2.75) is 39.7 Å². The molecule has 5 heteroatoms. The van der Waals surface area contributed by atoms with Gasteiger partial charge in [-0.15, -0.1) is 0 Å². The Morgan fingerprint density at radius 2 is 2.04 bits per heavy atom. The van der Waals surface area contributed by atoms with Gasteiger partial charge < -0.3 is 5.32 Å². The van der Waals surface area contributed by atoms with Crippen LogP contribution in [0.15, 0.2) is 24.3 Å². The number of piperidine rings is 1. The van der Waals surface area contributed by atoms with Crippen molar-refractivity contribution in [1.82, 2.24) is 15.2 Å². The second-order valence-corrected chi connectivity index (χ2v) is 7.23. The summed E-state index contributed by atoms with van der Waals surface area (Å²) in [6.45, 7) is 7.47. The van der Waals surface area contributed by atoms with Crippen LogP contribution < -0.4 is 5.32 Å². The number of aryl methyl sites for hydroxylation is 1. The highest BCUT2D eigenvalue weighted by atomic mass is 35.5. The van der Waals surface area contributed by atoms with Crippen molar-refractivity contribution in [1.29, 1.82) is 0 Å². The first-order valence-corrected chi connectivity index (χ1v) is 9.51. The first-order chi connectivity index (χ1) is 12.1. The van der Waals surface area contributed by atoms with Gasteiger partial charge in [0.1, 0.15) is 0 Å². The molecule has 25 heavy (non-hydrogen) atoms. The minimum Gasteiger partial charge on any atom is -0.356 e. The number of carbonyl (C=O) groups is 1. The van der Waals surface area contributed by atoms with E-state index in [4.69, 9.17) is 16.6 Å². The fourth-order valence-electron chi connectivity index (χ4n) is 3.48. The highest BCUT2D eigenvalue weighted by Crippen LogP contribution is 2.28. The largest absolute Gasteiger partial charge is 0.356 e. The van der Waals surface area contributed by atoms with Crippen LogP contribution in [0.1, 0.15) is 37.4 Å². The van der Waals surface area contributed by atoms with Crippen molar-refractivity contribution in [3.63, 3.8) is 0 Å². The Hall–Kier alpha value is -1.65. The predicted molar refractivity (Wildman–Crippen MR) is 103 cm³/mol. The molecule has 0 radical (unpaired) electrons. The first kappa shape index (κ1) is 18.2. The molecule has 1 fully saturated rings. The second kappa shape index (κ2) is 8.15. The SMILES string of the molecule is CCCNC(=O)C1CCN(Cc2nc3ccccc3c(C)c2Cl)CC1. The molecule has 1 amide bonds. The fraction of sp³-hybridized carbons (Fsp3) is 0.500. The van der Waals surface area contributed by atoms with Gasteiger partial charge in [0.15, 0.2) is 0 Å². The molecule has 2 heterocycles. The van der Waals surface area contributed by atoms with Crippen molar-refractivity contribution in [2.24, 2.45) is 5.92 Å². The topological polar surface area (TPSA) is 45.2 Å². The monoisotopic (exact) mass is 359 g/mol. The van der Waals surface area contributed by atoms with E-state index in [1.807, 2.05) is 18.2 Å². The molecule has 134 valence electrons. The molecule has 3 rings (SSSR count). The summed E-state index contributed by atoms with van der Waals surface area (Å²) < 4.78 is 0. The van der Waals surface area contributed by atoms with Crippen LogP contribution in [0.2, 0.25) is 5.02 Å². The number of para-hydroxylation sites is 1. The third kappa shape index (κ3) is 4.13. The van der Waals surface area contributed by atoms with Crippen LogP contribution in [-0.4, -0.2) is 35.4 Å². The van der Waals surface area contributed by atoms with Crippen LogP contribution in [0.5, 0.6) is 0 Å². The Bertz CT molecular complexity index is 754. The van der Waals surface area contributed by atoms with Crippen molar-refractivity contribution >= 4 is 28.4 Å². The van der Waals surface area contributed by atoms with E-state index in [-0.39, 0.29) is 11.8 Å². The number of carbonyl (C=O) groups excluding carboxylic acids is 1. The van der Waals surface area contributed by atoms with Crippen molar-refractivity contribution < 1.29 is 4.79 Å². The van der Waals surface area contributed by atoms with Crippen molar-refractivity contribution in [2.75, 3.05) is 19.6 Å². The van der Waals surface area contributed by atoms with E-state index in [0.717, 1.165) is 72.6 Å². The number of fused-ring (bicyclic) bond motifs is 1. The van der Waals surface area contributed by atoms with E-state index in [1.54, 1.807) is 0 Å². The number of likely N-dealkylation sites (tertiary alicyclic amines) is 1. The summed E-state index contributed by atoms with van der Waals surface area (Å²) >= 11 is 6.57. The summed E-state index contributed by atoms with van der Waals surface area (Å²) in [7, 11) is 0. The number of hydrogen-bond acceptors (Lipinski definition) is 3. The Morgan fingerprint density at radius 3 is 2.76 bits per heavy atom. The molecule has 1 N–H and O–H groups in total. The predicted octanol–water partition coefficient (Wildman–Crippen LogP) is 3.93. The van der Waals surface area contributed by atoms with Crippen LogP contribution in [0.25, 0.3) is 10.9 Å². The number of hydrogen-bond donors (Lipinski definition) is 1. The number of aromatic nitrogens is 1. The number of halogens is 1.